The molecule has 3 aromatic rings. The van der Waals surface area contributed by atoms with E-state index in [9.17, 15) is 34.5 Å². The van der Waals surface area contributed by atoms with Crippen molar-refractivity contribution in [2.45, 2.75) is 94.8 Å². The fraction of sp³-hybridized carbons (Fsp3) is 0.467. The van der Waals surface area contributed by atoms with Gasteiger partial charge in [0.2, 0.25) is 24.5 Å². The van der Waals surface area contributed by atoms with Crippen LogP contribution in [-0.2, 0) is 30.3 Å². The molecule has 6 heterocycles. The second-order valence-corrected chi connectivity index (χ2v) is 18.1. The van der Waals surface area contributed by atoms with Gasteiger partial charge in [0, 0.05) is 40.1 Å². The van der Waals surface area contributed by atoms with Crippen molar-refractivity contribution >= 4 is 41.5 Å². The van der Waals surface area contributed by atoms with Gasteiger partial charge in [0.1, 0.15) is 36.7 Å². The van der Waals surface area contributed by atoms with E-state index in [0.29, 0.717) is 45.9 Å². The first kappa shape index (κ1) is 43.2. The molecule has 17 heteroatoms. The van der Waals surface area contributed by atoms with E-state index in [1.807, 2.05) is 55.3 Å². The summed E-state index contributed by atoms with van der Waals surface area (Å²) in [4.78, 5) is 58.2. The minimum atomic E-state index is -1.20. The molecule has 0 saturated carbocycles. The van der Waals surface area contributed by atoms with Crippen LogP contribution in [0.25, 0.3) is 6.08 Å². The number of ether oxygens (including phenoxy) is 4. The van der Waals surface area contributed by atoms with Crippen molar-refractivity contribution < 1.29 is 53.4 Å². The summed E-state index contributed by atoms with van der Waals surface area (Å²) >= 11 is 1.29. The van der Waals surface area contributed by atoms with E-state index in [0.717, 1.165) is 16.7 Å². The summed E-state index contributed by atoms with van der Waals surface area (Å²) in [6.07, 6.45) is 2.28. The first-order valence-corrected chi connectivity index (χ1v) is 21.8. The first-order valence-electron chi connectivity index (χ1n) is 20.8. The number of fused-ring (bicyclic) bond motifs is 10. The lowest BCUT2D eigenvalue weighted by Crippen LogP contribution is -2.69. The van der Waals surface area contributed by atoms with Crippen molar-refractivity contribution in [1.82, 2.24) is 25.8 Å². The number of hydrogen-bond donors (Lipinski definition) is 6. The number of nitrogens with one attached hydrogen (secondary N) is 3. The zero-order valence-corrected chi connectivity index (χ0v) is 36.4. The van der Waals surface area contributed by atoms with E-state index in [1.54, 1.807) is 26.8 Å². The molecule has 0 aromatic heterocycles. The monoisotopic (exact) mass is 871 g/mol. The highest BCUT2D eigenvalue weighted by Crippen LogP contribution is 2.63. The van der Waals surface area contributed by atoms with Crippen molar-refractivity contribution in [1.29, 1.82) is 0 Å². The number of aryl methyl sites for hydroxylation is 1. The molecule has 2 saturated heterocycles. The Balaban J connectivity index is 1.11. The number of aliphatic hydroxyl groups is 1. The number of phenolic OH excluding ortho intramolecular Hbond substituents is 2. The van der Waals surface area contributed by atoms with Crippen LogP contribution in [0.2, 0.25) is 0 Å². The lowest BCUT2D eigenvalue weighted by Gasteiger charge is -2.61. The number of carbonyl (C=O) groups excluding carboxylic acids is 4. The topological polar surface area (TPSA) is 208 Å². The summed E-state index contributed by atoms with van der Waals surface area (Å²) < 4.78 is 23.7. The van der Waals surface area contributed by atoms with Crippen LogP contribution in [0.5, 0.6) is 28.7 Å². The van der Waals surface area contributed by atoms with Crippen LogP contribution >= 0.6 is 11.8 Å². The molecule has 0 radical (unpaired) electrons. The molecule has 4 bridgehead atoms. The van der Waals surface area contributed by atoms with E-state index < -0.39 is 83.4 Å². The van der Waals surface area contributed by atoms with E-state index in [4.69, 9.17) is 18.9 Å². The van der Waals surface area contributed by atoms with Gasteiger partial charge in [-0.05, 0) is 62.9 Å². The van der Waals surface area contributed by atoms with E-state index in [-0.39, 0.29) is 30.7 Å². The molecule has 9 rings (SSSR count). The fourth-order valence-corrected chi connectivity index (χ4v) is 11.3. The van der Waals surface area contributed by atoms with E-state index in [2.05, 4.69) is 20.9 Å². The standard InChI is InChI=1S/C45H53N5O11S/c1-20(2)33(48-42(54)23(5)46-29(51)14-13-24-11-9-8-10-12-24)43(55)47-26-18-62-41-32-31(40-39(60-19-61-40)22(4)36(32)52)28(17-59-45(26)57)50-35(41)34-30-25(16-27(44(50)56)49(34)6)15-21(3)38(58-7)37(30)53/h8-15,20,23,26-28,33-35,41,44,52-53,56H,16-19H2,1-7H3,(H,46,51)(H,47,55)(H,48,54)/b14-13+/t23?,26-,27-,28-,33?,34+,35?,41+,44-/m0/s1. The van der Waals surface area contributed by atoms with Gasteiger partial charge in [0.05, 0.1) is 30.5 Å². The molecule has 0 aliphatic carbocycles. The number of benzene rings is 3. The van der Waals surface area contributed by atoms with Crippen LogP contribution < -0.4 is 30.2 Å². The molecular weight excluding hydrogens is 819 g/mol. The molecular formula is C45H53N5O11S. The molecule has 3 aromatic carbocycles. The highest BCUT2D eigenvalue weighted by molar-refractivity contribution is 7.99. The largest absolute Gasteiger partial charge is 0.507 e. The molecule has 3 amide bonds. The number of rotatable bonds is 9. The zero-order valence-electron chi connectivity index (χ0n) is 35.6. The summed E-state index contributed by atoms with van der Waals surface area (Å²) in [7, 11) is 3.41. The van der Waals surface area contributed by atoms with Gasteiger partial charge in [0.25, 0.3) is 0 Å². The van der Waals surface area contributed by atoms with Crippen LogP contribution in [-0.4, -0.2) is 119 Å². The second-order valence-electron chi connectivity index (χ2n) is 16.9. The molecule has 9 atom stereocenters. The summed E-state index contributed by atoms with van der Waals surface area (Å²) in [6.45, 7) is 8.24. The number of methoxy groups -OCH3 is 1. The number of aromatic hydroxyl groups is 2. The van der Waals surface area contributed by atoms with Gasteiger partial charge in [-0.15, -0.1) is 11.8 Å². The molecule has 2 fully saturated rings. The Hall–Kier alpha value is -5.49. The van der Waals surface area contributed by atoms with Crippen molar-refractivity contribution in [2.75, 3.05) is 33.3 Å². The Kier molecular flexibility index (Phi) is 11.8. The summed E-state index contributed by atoms with van der Waals surface area (Å²) in [5.41, 5.74) is 4.61. The van der Waals surface area contributed by atoms with Gasteiger partial charge in [-0.25, -0.2) is 4.79 Å². The number of nitrogens with zero attached hydrogens (tertiary/aromatic N) is 2. The van der Waals surface area contributed by atoms with Gasteiger partial charge in [-0.2, -0.15) is 0 Å². The Bertz CT molecular complexity index is 2320. The van der Waals surface area contributed by atoms with Crippen molar-refractivity contribution in [3.63, 3.8) is 0 Å². The SMILES string of the molecule is COc1c(C)cc2c(c1O)[C@@H]1C3[C@@H]4SC[C@H](NC(=O)C(NC(=O)C(C)NC(=O)/C=C/c5ccccc5)C(C)C)C(=O)OC[C@@H](c5c6c(c(C)c(O)c54)OCO6)N3[C@@H](O)[C@H](C2)N1C. The number of likely N-dealkylation sites (N-methyl/N-ethyl adjacent to an activating group) is 1. The lowest BCUT2D eigenvalue weighted by molar-refractivity contribution is -0.184. The Labute approximate surface area is 363 Å². The fourth-order valence-electron chi connectivity index (χ4n) is 9.76. The van der Waals surface area contributed by atoms with Crippen LogP contribution in [0.4, 0.5) is 0 Å². The molecule has 16 nitrogen and oxygen atoms in total. The maximum Gasteiger partial charge on any atom is 0.329 e. The van der Waals surface area contributed by atoms with Crippen molar-refractivity contribution in [2.24, 2.45) is 5.92 Å². The lowest BCUT2D eigenvalue weighted by atomic mass is 9.73. The van der Waals surface area contributed by atoms with E-state index in [1.165, 1.54) is 31.9 Å². The average Bonchev–Trinajstić information content (AvgIpc) is 3.74. The van der Waals surface area contributed by atoms with Crippen LogP contribution in [0.3, 0.4) is 0 Å². The van der Waals surface area contributed by atoms with Crippen LogP contribution in [0.15, 0.2) is 42.5 Å². The van der Waals surface area contributed by atoms with Crippen molar-refractivity contribution in [3.05, 3.63) is 81.4 Å². The highest BCUT2D eigenvalue weighted by atomic mass is 32.2. The third-order valence-corrected chi connectivity index (χ3v) is 14.2. The van der Waals surface area contributed by atoms with Gasteiger partial charge in [0.15, 0.2) is 23.0 Å². The molecule has 3 unspecified atom stereocenters. The van der Waals surface area contributed by atoms with Crippen LogP contribution in [0, 0.1) is 19.8 Å². The quantitative estimate of drug-likeness (QED) is 0.135. The third-order valence-electron chi connectivity index (χ3n) is 12.8. The Morgan fingerprint density at radius 1 is 0.968 bits per heavy atom. The smallest absolute Gasteiger partial charge is 0.329 e. The normalized spacial score (nSPS) is 26.1. The van der Waals surface area contributed by atoms with Crippen molar-refractivity contribution in [3.8, 4) is 28.7 Å². The number of aliphatic hydroxyl groups excluding tert-OH is 1. The average molecular weight is 872 g/mol. The third kappa shape index (κ3) is 7.37. The maximum absolute atomic E-state index is 14.1. The summed E-state index contributed by atoms with van der Waals surface area (Å²) in [5, 5.41) is 44.0. The van der Waals surface area contributed by atoms with Gasteiger partial charge < -0.3 is 50.2 Å². The molecule has 0 spiro atoms. The first-order chi connectivity index (χ1) is 29.6. The number of thioether (sulfide) groups is 1. The summed E-state index contributed by atoms with van der Waals surface area (Å²) in [5.74, 6) is -1.83. The maximum atomic E-state index is 14.1. The van der Waals surface area contributed by atoms with Crippen LogP contribution in [0.1, 0.15) is 77.0 Å². The Morgan fingerprint density at radius 3 is 2.40 bits per heavy atom. The number of piperazine rings is 1. The predicted molar refractivity (Wildman–Crippen MR) is 229 cm³/mol. The predicted octanol–water partition coefficient (Wildman–Crippen LogP) is 3.28. The molecule has 6 N–H and O–H groups in total. The molecule has 6 aliphatic heterocycles. The zero-order chi connectivity index (χ0) is 44.3. The molecule has 62 heavy (non-hydrogen) atoms. The summed E-state index contributed by atoms with van der Waals surface area (Å²) in [6, 6.07) is 5.48. The molecule has 6 aliphatic rings. The number of carbonyl (C=O) groups is 4. The second kappa shape index (κ2) is 17.0. The molecule has 330 valence electrons. The number of phenols is 2. The number of esters is 1. The number of amides is 3. The van der Waals surface area contributed by atoms with E-state index >= 15 is 0 Å². The van der Waals surface area contributed by atoms with Gasteiger partial charge in [-0.3, -0.25) is 24.2 Å². The Morgan fingerprint density at radius 2 is 1.69 bits per heavy atom. The van der Waals surface area contributed by atoms with Gasteiger partial charge >= 0.3 is 5.97 Å². The minimum Gasteiger partial charge on any atom is -0.507 e. The number of hydrogen-bond acceptors (Lipinski definition) is 14. The van der Waals surface area contributed by atoms with Gasteiger partial charge in [-0.1, -0.05) is 50.2 Å². The highest BCUT2D eigenvalue weighted by Gasteiger charge is 2.60. The minimum absolute atomic E-state index is 0.00528.